The van der Waals surface area contributed by atoms with Gasteiger partial charge in [0, 0.05) is 38.4 Å². The molecule has 3 heteroatoms. The highest BCUT2D eigenvalue weighted by atomic mass is 15.2. The van der Waals surface area contributed by atoms with Gasteiger partial charge in [-0.1, -0.05) is 12.1 Å². The zero-order valence-electron chi connectivity index (χ0n) is 12.8. The summed E-state index contributed by atoms with van der Waals surface area (Å²) in [5.74, 6) is 0. The Morgan fingerprint density at radius 2 is 1.95 bits per heavy atom. The molecule has 2 aliphatic heterocycles. The summed E-state index contributed by atoms with van der Waals surface area (Å²) in [7, 11) is 4.17. The van der Waals surface area contributed by atoms with Gasteiger partial charge in [-0.25, -0.2) is 0 Å². The van der Waals surface area contributed by atoms with E-state index in [1.807, 2.05) is 0 Å². The molecule has 2 aliphatic rings. The fourth-order valence-electron chi connectivity index (χ4n) is 3.58. The van der Waals surface area contributed by atoms with Gasteiger partial charge in [0.25, 0.3) is 0 Å². The molecule has 110 valence electrons. The van der Waals surface area contributed by atoms with E-state index >= 15 is 0 Å². The Labute approximate surface area is 123 Å². The van der Waals surface area contributed by atoms with Gasteiger partial charge >= 0.3 is 0 Å². The van der Waals surface area contributed by atoms with E-state index in [9.17, 15) is 0 Å². The molecule has 2 fully saturated rings. The topological polar surface area (TPSA) is 18.5 Å². The zero-order chi connectivity index (χ0) is 13.9. The van der Waals surface area contributed by atoms with E-state index < -0.39 is 0 Å². The maximum Gasteiger partial charge on any atom is 0.0361 e. The number of hydrogen-bond acceptors (Lipinski definition) is 3. The number of nitrogens with zero attached hydrogens (tertiary/aromatic N) is 2. The van der Waals surface area contributed by atoms with Crippen molar-refractivity contribution in [2.24, 2.45) is 0 Å². The lowest BCUT2D eigenvalue weighted by atomic mass is 9.97. The quantitative estimate of drug-likeness (QED) is 0.909. The van der Waals surface area contributed by atoms with Crippen LogP contribution in [-0.4, -0.2) is 44.2 Å². The summed E-state index contributed by atoms with van der Waals surface area (Å²) in [5.41, 5.74) is 2.66. The Balaban J connectivity index is 1.49. The fourth-order valence-corrected chi connectivity index (χ4v) is 3.58. The molecule has 0 radical (unpaired) electrons. The molecule has 2 heterocycles. The van der Waals surface area contributed by atoms with Crippen molar-refractivity contribution in [1.82, 2.24) is 10.2 Å². The largest absolute Gasteiger partial charge is 0.378 e. The zero-order valence-corrected chi connectivity index (χ0v) is 12.8. The number of nitrogens with one attached hydrogen (secondary N) is 1. The highest BCUT2D eigenvalue weighted by Crippen LogP contribution is 2.27. The number of anilines is 1. The van der Waals surface area contributed by atoms with Gasteiger partial charge in [-0.3, -0.25) is 0 Å². The molecule has 0 bridgehead atoms. The maximum atomic E-state index is 3.76. The van der Waals surface area contributed by atoms with Crippen LogP contribution in [0.5, 0.6) is 0 Å². The Morgan fingerprint density at radius 3 is 2.70 bits per heavy atom. The molecular weight excluding hydrogens is 246 g/mol. The lowest BCUT2D eigenvalue weighted by molar-refractivity contribution is 0.166. The SMILES string of the molecule is CN(C)c1ccc(CNC2CCN3CCCC3C2)cc1. The minimum atomic E-state index is 0.711. The Hall–Kier alpha value is -1.06. The molecule has 0 aliphatic carbocycles. The minimum Gasteiger partial charge on any atom is -0.378 e. The van der Waals surface area contributed by atoms with Crippen LogP contribution >= 0.6 is 0 Å². The number of fused-ring (bicyclic) bond motifs is 1. The first-order valence-electron chi connectivity index (χ1n) is 7.96. The number of benzene rings is 1. The lowest BCUT2D eigenvalue weighted by Gasteiger charge is -2.35. The van der Waals surface area contributed by atoms with Crippen molar-refractivity contribution in [2.45, 2.75) is 44.3 Å². The normalized spacial score (nSPS) is 26.5. The van der Waals surface area contributed by atoms with Crippen molar-refractivity contribution in [3.63, 3.8) is 0 Å². The van der Waals surface area contributed by atoms with Crippen LogP contribution < -0.4 is 10.2 Å². The van der Waals surface area contributed by atoms with Crippen LogP contribution in [0.15, 0.2) is 24.3 Å². The van der Waals surface area contributed by atoms with Crippen LogP contribution in [0.3, 0.4) is 0 Å². The molecule has 0 aromatic heterocycles. The van der Waals surface area contributed by atoms with E-state index in [-0.39, 0.29) is 0 Å². The average Bonchev–Trinajstić information content (AvgIpc) is 2.93. The summed E-state index contributed by atoms with van der Waals surface area (Å²) in [6, 6.07) is 10.5. The predicted octanol–water partition coefficient (Wildman–Crippen LogP) is 2.47. The summed E-state index contributed by atoms with van der Waals surface area (Å²) in [4.78, 5) is 4.83. The van der Waals surface area contributed by atoms with E-state index in [0.717, 1.165) is 12.6 Å². The van der Waals surface area contributed by atoms with Crippen LogP contribution in [0.2, 0.25) is 0 Å². The number of rotatable bonds is 4. The van der Waals surface area contributed by atoms with Gasteiger partial charge in [0.1, 0.15) is 0 Å². The summed E-state index contributed by atoms with van der Waals surface area (Å²) in [6.45, 7) is 3.64. The molecule has 0 saturated carbocycles. The van der Waals surface area contributed by atoms with Gasteiger partial charge in [-0.15, -0.1) is 0 Å². The van der Waals surface area contributed by atoms with E-state index in [4.69, 9.17) is 0 Å². The maximum absolute atomic E-state index is 3.76. The van der Waals surface area contributed by atoms with E-state index in [1.165, 1.54) is 50.0 Å². The first-order chi connectivity index (χ1) is 9.72. The summed E-state index contributed by atoms with van der Waals surface area (Å²) in [6.07, 6.45) is 5.47. The van der Waals surface area contributed by atoms with Crippen molar-refractivity contribution in [1.29, 1.82) is 0 Å². The third-order valence-electron chi connectivity index (χ3n) is 4.87. The van der Waals surface area contributed by atoms with Gasteiger partial charge in [-0.2, -0.15) is 0 Å². The van der Waals surface area contributed by atoms with Crippen LogP contribution in [0, 0.1) is 0 Å². The second kappa shape index (κ2) is 6.15. The molecule has 3 nitrogen and oxygen atoms in total. The molecule has 0 spiro atoms. The summed E-state index contributed by atoms with van der Waals surface area (Å²) < 4.78 is 0. The lowest BCUT2D eigenvalue weighted by Crippen LogP contribution is -2.45. The second-order valence-corrected chi connectivity index (χ2v) is 6.50. The van der Waals surface area contributed by atoms with Crippen molar-refractivity contribution in [3.8, 4) is 0 Å². The Bertz CT molecular complexity index is 426. The van der Waals surface area contributed by atoms with Gasteiger partial charge in [0.15, 0.2) is 0 Å². The van der Waals surface area contributed by atoms with Crippen LogP contribution in [0.25, 0.3) is 0 Å². The Kier molecular flexibility index (Phi) is 4.27. The first kappa shape index (κ1) is 13.9. The van der Waals surface area contributed by atoms with Gasteiger partial charge in [-0.05, 0) is 56.5 Å². The van der Waals surface area contributed by atoms with E-state index in [0.29, 0.717) is 6.04 Å². The van der Waals surface area contributed by atoms with Gasteiger partial charge < -0.3 is 15.1 Å². The fraction of sp³-hybridized carbons (Fsp3) is 0.647. The van der Waals surface area contributed by atoms with Crippen LogP contribution in [0.1, 0.15) is 31.2 Å². The first-order valence-corrected chi connectivity index (χ1v) is 7.96. The molecular formula is C17H27N3. The van der Waals surface area contributed by atoms with Crippen molar-refractivity contribution < 1.29 is 0 Å². The third kappa shape index (κ3) is 3.15. The Morgan fingerprint density at radius 1 is 1.15 bits per heavy atom. The smallest absolute Gasteiger partial charge is 0.0361 e. The highest BCUT2D eigenvalue weighted by molar-refractivity contribution is 5.45. The average molecular weight is 273 g/mol. The molecule has 2 unspecified atom stereocenters. The standard InChI is InChI=1S/C17H27N3/c1-19(2)16-7-5-14(6-8-16)13-18-15-9-11-20-10-3-4-17(20)12-15/h5-8,15,17-18H,3-4,9-13H2,1-2H3. The molecule has 2 atom stereocenters. The summed E-state index contributed by atoms with van der Waals surface area (Å²) in [5, 5.41) is 3.76. The predicted molar refractivity (Wildman–Crippen MR) is 85.2 cm³/mol. The van der Waals surface area contributed by atoms with Crippen LogP contribution in [0.4, 0.5) is 5.69 Å². The highest BCUT2D eigenvalue weighted by Gasteiger charge is 2.31. The van der Waals surface area contributed by atoms with E-state index in [2.05, 4.69) is 53.5 Å². The number of hydrogen-bond donors (Lipinski definition) is 1. The molecule has 3 rings (SSSR count). The number of piperidine rings is 1. The monoisotopic (exact) mass is 273 g/mol. The van der Waals surface area contributed by atoms with Crippen molar-refractivity contribution in [3.05, 3.63) is 29.8 Å². The second-order valence-electron chi connectivity index (χ2n) is 6.50. The van der Waals surface area contributed by atoms with Gasteiger partial charge in [0.05, 0.1) is 0 Å². The van der Waals surface area contributed by atoms with Crippen LogP contribution in [-0.2, 0) is 6.54 Å². The van der Waals surface area contributed by atoms with Crippen molar-refractivity contribution in [2.75, 3.05) is 32.1 Å². The molecule has 20 heavy (non-hydrogen) atoms. The molecule has 2 saturated heterocycles. The van der Waals surface area contributed by atoms with Gasteiger partial charge in [0.2, 0.25) is 0 Å². The molecule has 1 aromatic carbocycles. The molecule has 1 N–H and O–H groups in total. The summed E-state index contributed by atoms with van der Waals surface area (Å²) >= 11 is 0. The third-order valence-corrected chi connectivity index (χ3v) is 4.87. The van der Waals surface area contributed by atoms with Crippen molar-refractivity contribution >= 4 is 5.69 Å². The molecule has 1 aromatic rings. The van der Waals surface area contributed by atoms with E-state index in [1.54, 1.807) is 0 Å². The molecule has 0 amide bonds. The minimum absolute atomic E-state index is 0.711.